The van der Waals surface area contributed by atoms with Gasteiger partial charge in [0.2, 0.25) is 10.0 Å². The summed E-state index contributed by atoms with van der Waals surface area (Å²) in [4.78, 5) is 14.9. The second-order valence-electron chi connectivity index (χ2n) is 7.01. The molecule has 2 aromatic rings. The molecule has 0 saturated carbocycles. The maximum Gasteiger partial charge on any atom is 0.268 e. The van der Waals surface area contributed by atoms with E-state index in [1.54, 1.807) is 7.05 Å². The van der Waals surface area contributed by atoms with E-state index in [2.05, 4.69) is 14.9 Å². The summed E-state index contributed by atoms with van der Waals surface area (Å²) in [5.41, 5.74) is 1.16. The number of nitrogens with one attached hydrogen (secondary N) is 2. The highest BCUT2D eigenvalue weighted by atomic mass is 32.2. The first-order chi connectivity index (χ1) is 14.4. The fourth-order valence-electron chi connectivity index (χ4n) is 3.16. The van der Waals surface area contributed by atoms with Gasteiger partial charge in [-0.3, -0.25) is 9.69 Å². The number of morpholine rings is 1. The molecule has 1 aromatic carbocycles. The van der Waals surface area contributed by atoms with Gasteiger partial charge >= 0.3 is 0 Å². The quantitative estimate of drug-likeness (QED) is 0.596. The van der Waals surface area contributed by atoms with Gasteiger partial charge in [0.05, 0.1) is 13.2 Å². The second kappa shape index (κ2) is 10.1. The van der Waals surface area contributed by atoms with Crippen LogP contribution in [0.4, 0.5) is 0 Å². The third-order valence-electron chi connectivity index (χ3n) is 4.92. The zero-order valence-electron chi connectivity index (χ0n) is 17.3. The number of aromatic nitrogens is 1. The van der Waals surface area contributed by atoms with Crippen LogP contribution >= 0.6 is 0 Å². The zero-order chi connectivity index (χ0) is 21.6. The Kier molecular flexibility index (Phi) is 7.48. The molecule has 1 saturated heterocycles. The van der Waals surface area contributed by atoms with E-state index in [4.69, 9.17) is 9.47 Å². The molecule has 9 nitrogen and oxygen atoms in total. The molecule has 1 fully saturated rings. The van der Waals surface area contributed by atoms with Crippen molar-refractivity contribution in [3.8, 4) is 5.75 Å². The molecule has 0 aliphatic carbocycles. The number of carbonyl (C=O) groups excluding carboxylic acids is 1. The standard InChI is InChI=1S/C20H28N4O5S/c1-21-30(26,27)18-13-19(23(2)15-18)20(25)22-14-16-4-3-5-17(12-16)29-11-8-24-6-9-28-10-7-24/h3-5,12-13,15,21H,6-11,14H2,1-2H3,(H,22,25). The molecule has 1 aliphatic rings. The van der Waals surface area contributed by atoms with Crippen molar-refractivity contribution in [2.45, 2.75) is 11.4 Å². The number of hydrogen-bond donors (Lipinski definition) is 2. The molecule has 2 heterocycles. The van der Waals surface area contributed by atoms with Crippen LogP contribution in [0, 0.1) is 0 Å². The van der Waals surface area contributed by atoms with E-state index in [1.807, 2.05) is 24.3 Å². The Morgan fingerprint density at radius 1 is 1.23 bits per heavy atom. The fraction of sp³-hybridized carbons (Fsp3) is 0.450. The van der Waals surface area contributed by atoms with Crippen LogP contribution < -0.4 is 14.8 Å². The summed E-state index contributed by atoms with van der Waals surface area (Å²) < 4.78 is 38.7. The lowest BCUT2D eigenvalue weighted by Gasteiger charge is -2.26. The number of nitrogens with zero attached hydrogens (tertiary/aromatic N) is 2. The van der Waals surface area contributed by atoms with E-state index in [0.717, 1.165) is 44.2 Å². The molecule has 0 unspecified atom stereocenters. The molecule has 0 atom stereocenters. The van der Waals surface area contributed by atoms with Gasteiger partial charge < -0.3 is 19.4 Å². The van der Waals surface area contributed by atoms with Crippen LogP contribution in [0.15, 0.2) is 41.4 Å². The molecule has 164 valence electrons. The summed E-state index contributed by atoms with van der Waals surface area (Å²) in [6.45, 7) is 5.10. The Labute approximate surface area is 177 Å². The number of ether oxygens (including phenoxy) is 2. The summed E-state index contributed by atoms with van der Waals surface area (Å²) in [5.74, 6) is 0.393. The number of amides is 1. The van der Waals surface area contributed by atoms with Crippen LogP contribution in [0.2, 0.25) is 0 Å². The lowest BCUT2D eigenvalue weighted by Crippen LogP contribution is -2.38. The third kappa shape index (κ3) is 5.82. The highest BCUT2D eigenvalue weighted by molar-refractivity contribution is 7.89. The normalized spacial score (nSPS) is 15.1. The van der Waals surface area contributed by atoms with E-state index in [1.165, 1.54) is 23.9 Å². The molecule has 3 rings (SSSR count). The predicted octanol–water partition coefficient (Wildman–Crippen LogP) is 0.574. The van der Waals surface area contributed by atoms with E-state index < -0.39 is 10.0 Å². The van der Waals surface area contributed by atoms with Gasteiger partial charge in [-0.05, 0) is 30.8 Å². The van der Waals surface area contributed by atoms with E-state index >= 15 is 0 Å². The van der Waals surface area contributed by atoms with Gasteiger partial charge in [0.25, 0.3) is 5.91 Å². The Bertz CT molecular complexity index is 967. The highest BCUT2D eigenvalue weighted by Gasteiger charge is 2.19. The van der Waals surface area contributed by atoms with Crippen molar-refractivity contribution >= 4 is 15.9 Å². The lowest BCUT2D eigenvalue weighted by molar-refractivity contribution is 0.0322. The van der Waals surface area contributed by atoms with Crippen molar-refractivity contribution in [2.75, 3.05) is 46.5 Å². The highest BCUT2D eigenvalue weighted by Crippen LogP contribution is 2.15. The number of hydrogen-bond acceptors (Lipinski definition) is 6. The third-order valence-corrected chi connectivity index (χ3v) is 6.30. The first-order valence-electron chi connectivity index (χ1n) is 9.79. The van der Waals surface area contributed by atoms with Crippen molar-refractivity contribution in [2.24, 2.45) is 7.05 Å². The molecule has 0 bridgehead atoms. The second-order valence-corrected chi connectivity index (χ2v) is 8.90. The Hall–Kier alpha value is -2.40. The fourth-order valence-corrected chi connectivity index (χ4v) is 3.96. The molecule has 30 heavy (non-hydrogen) atoms. The number of benzene rings is 1. The SMILES string of the molecule is CNS(=O)(=O)c1cc(C(=O)NCc2cccc(OCCN3CCOCC3)c2)n(C)c1. The van der Waals surface area contributed by atoms with Crippen molar-refractivity contribution in [3.05, 3.63) is 47.8 Å². The maximum atomic E-state index is 12.5. The molecule has 0 radical (unpaired) electrons. The number of carbonyl (C=O) groups is 1. The van der Waals surface area contributed by atoms with Crippen molar-refractivity contribution in [1.82, 2.24) is 19.5 Å². The summed E-state index contributed by atoms with van der Waals surface area (Å²) >= 11 is 0. The molecule has 1 aliphatic heterocycles. The molecule has 1 amide bonds. The van der Waals surface area contributed by atoms with Gasteiger partial charge in [-0.25, -0.2) is 13.1 Å². The number of rotatable bonds is 9. The monoisotopic (exact) mass is 436 g/mol. The van der Waals surface area contributed by atoms with E-state index in [9.17, 15) is 13.2 Å². The van der Waals surface area contributed by atoms with Crippen LogP contribution in [0.25, 0.3) is 0 Å². The molecular formula is C20H28N4O5S. The summed E-state index contributed by atoms with van der Waals surface area (Å²) in [7, 11) is -0.638. The topological polar surface area (TPSA) is 102 Å². The van der Waals surface area contributed by atoms with Crippen molar-refractivity contribution in [1.29, 1.82) is 0 Å². The number of aryl methyl sites for hydroxylation is 1. The van der Waals surface area contributed by atoms with Gasteiger partial charge in [0.1, 0.15) is 22.9 Å². The Morgan fingerprint density at radius 2 is 2.00 bits per heavy atom. The molecule has 0 spiro atoms. The van der Waals surface area contributed by atoms with Gasteiger partial charge in [0, 0.05) is 39.4 Å². The van der Waals surface area contributed by atoms with E-state index in [-0.39, 0.29) is 16.5 Å². The van der Waals surface area contributed by atoms with Crippen molar-refractivity contribution in [3.63, 3.8) is 0 Å². The number of sulfonamides is 1. The maximum absolute atomic E-state index is 12.5. The summed E-state index contributed by atoms with van der Waals surface area (Å²) in [5, 5.41) is 2.82. The van der Waals surface area contributed by atoms with Crippen LogP contribution in [0.5, 0.6) is 5.75 Å². The summed E-state index contributed by atoms with van der Waals surface area (Å²) in [6.07, 6.45) is 1.41. The van der Waals surface area contributed by atoms with E-state index in [0.29, 0.717) is 13.2 Å². The van der Waals surface area contributed by atoms with Gasteiger partial charge in [-0.1, -0.05) is 12.1 Å². The van der Waals surface area contributed by atoms with Gasteiger partial charge in [-0.15, -0.1) is 0 Å². The molecule has 2 N–H and O–H groups in total. The first kappa shape index (κ1) is 22.3. The molecule has 10 heteroatoms. The van der Waals surface area contributed by atoms with Crippen molar-refractivity contribution < 1.29 is 22.7 Å². The average Bonchev–Trinajstić information content (AvgIpc) is 3.16. The zero-order valence-corrected chi connectivity index (χ0v) is 18.1. The first-order valence-corrected chi connectivity index (χ1v) is 11.3. The predicted molar refractivity (Wildman–Crippen MR) is 112 cm³/mol. The van der Waals surface area contributed by atoms with Crippen LogP contribution in [0.3, 0.4) is 0 Å². The van der Waals surface area contributed by atoms with Crippen LogP contribution in [0.1, 0.15) is 16.1 Å². The largest absolute Gasteiger partial charge is 0.492 e. The molecule has 1 aromatic heterocycles. The average molecular weight is 437 g/mol. The minimum atomic E-state index is -3.60. The lowest BCUT2D eigenvalue weighted by atomic mass is 10.2. The minimum Gasteiger partial charge on any atom is -0.492 e. The van der Waals surface area contributed by atoms with Gasteiger partial charge in [-0.2, -0.15) is 0 Å². The minimum absolute atomic E-state index is 0.0494. The van der Waals surface area contributed by atoms with Crippen LogP contribution in [-0.2, 0) is 28.4 Å². The summed E-state index contributed by atoms with van der Waals surface area (Å²) in [6, 6.07) is 8.91. The Balaban J connectivity index is 1.53. The van der Waals surface area contributed by atoms with Crippen LogP contribution in [-0.4, -0.2) is 70.3 Å². The molecular weight excluding hydrogens is 408 g/mol. The Morgan fingerprint density at radius 3 is 2.73 bits per heavy atom. The van der Waals surface area contributed by atoms with Gasteiger partial charge in [0.15, 0.2) is 0 Å². The smallest absolute Gasteiger partial charge is 0.268 e.